The molecule has 0 amide bonds. The fourth-order valence-electron chi connectivity index (χ4n) is 3.12. The van der Waals surface area contributed by atoms with Gasteiger partial charge in [0.25, 0.3) is 0 Å². The fraction of sp³-hybridized carbons (Fsp3) is 0.136. The zero-order valence-electron chi connectivity index (χ0n) is 15.1. The van der Waals surface area contributed by atoms with E-state index in [-0.39, 0.29) is 0 Å². The highest BCUT2D eigenvalue weighted by Gasteiger charge is 2.18. The molecule has 4 aromatic rings. The Morgan fingerprint density at radius 1 is 1.04 bits per heavy atom. The summed E-state index contributed by atoms with van der Waals surface area (Å²) in [5, 5.41) is 11.3. The van der Waals surface area contributed by atoms with Crippen molar-refractivity contribution in [2.45, 2.75) is 24.6 Å². The van der Waals surface area contributed by atoms with Crippen LogP contribution in [-0.4, -0.2) is 9.97 Å². The minimum atomic E-state index is 0.688. The van der Waals surface area contributed by atoms with Crippen molar-refractivity contribution in [2.24, 2.45) is 0 Å². The SMILES string of the molecule is Cc1nc(SCc2cccc(C#N)c2)c2c(-c3ccccc3)c(C)sc2n1. The average Bonchev–Trinajstić information content (AvgIpc) is 3.02. The maximum absolute atomic E-state index is 9.11. The fourth-order valence-corrected chi connectivity index (χ4v) is 5.30. The number of fused-ring (bicyclic) bond motifs is 1. The molecule has 2 heterocycles. The van der Waals surface area contributed by atoms with Gasteiger partial charge in [-0.1, -0.05) is 42.5 Å². The summed E-state index contributed by atoms with van der Waals surface area (Å²) >= 11 is 3.43. The molecule has 4 rings (SSSR count). The highest BCUT2D eigenvalue weighted by atomic mass is 32.2. The van der Waals surface area contributed by atoms with Crippen molar-refractivity contribution in [3.05, 3.63) is 76.4 Å². The first-order chi connectivity index (χ1) is 13.2. The van der Waals surface area contributed by atoms with Crippen LogP contribution in [0.1, 0.15) is 21.8 Å². The van der Waals surface area contributed by atoms with Gasteiger partial charge in [-0.25, -0.2) is 9.97 Å². The van der Waals surface area contributed by atoms with Gasteiger partial charge < -0.3 is 0 Å². The van der Waals surface area contributed by atoms with E-state index in [0.717, 1.165) is 32.4 Å². The van der Waals surface area contributed by atoms with Gasteiger partial charge in [-0.3, -0.25) is 0 Å². The molecule has 0 aliphatic carbocycles. The maximum atomic E-state index is 9.11. The summed E-state index contributed by atoms with van der Waals surface area (Å²) in [6.45, 7) is 4.09. The van der Waals surface area contributed by atoms with Gasteiger partial charge in [0.05, 0.1) is 17.0 Å². The number of benzene rings is 2. The third-order valence-electron chi connectivity index (χ3n) is 4.30. The van der Waals surface area contributed by atoms with Crippen molar-refractivity contribution in [3.63, 3.8) is 0 Å². The first-order valence-electron chi connectivity index (χ1n) is 8.60. The highest BCUT2D eigenvalue weighted by molar-refractivity contribution is 7.98. The van der Waals surface area contributed by atoms with Gasteiger partial charge in [-0.05, 0) is 37.1 Å². The molecule has 5 heteroatoms. The second kappa shape index (κ2) is 7.51. The van der Waals surface area contributed by atoms with Crippen LogP contribution in [0, 0.1) is 25.2 Å². The Hall–Kier alpha value is -2.68. The number of hydrogen-bond donors (Lipinski definition) is 0. The van der Waals surface area contributed by atoms with E-state index in [4.69, 9.17) is 10.2 Å². The molecule has 0 radical (unpaired) electrons. The highest BCUT2D eigenvalue weighted by Crippen LogP contribution is 2.42. The van der Waals surface area contributed by atoms with Gasteiger partial charge in [0.2, 0.25) is 0 Å². The number of aromatic nitrogens is 2. The normalized spacial score (nSPS) is 10.9. The average molecular weight is 388 g/mol. The van der Waals surface area contributed by atoms with Gasteiger partial charge in [-0.2, -0.15) is 5.26 Å². The van der Waals surface area contributed by atoms with Crippen LogP contribution in [-0.2, 0) is 5.75 Å². The molecule has 2 aromatic heterocycles. The second-order valence-electron chi connectivity index (χ2n) is 6.26. The molecule has 3 nitrogen and oxygen atoms in total. The second-order valence-corrected chi connectivity index (χ2v) is 8.42. The van der Waals surface area contributed by atoms with Gasteiger partial charge >= 0.3 is 0 Å². The van der Waals surface area contributed by atoms with E-state index in [9.17, 15) is 0 Å². The molecular formula is C22H17N3S2. The molecule has 0 N–H and O–H groups in total. The Bertz CT molecular complexity index is 1160. The lowest BCUT2D eigenvalue weighted by Gasteiger charge is -2.08. The van der Waals surface area contributed by atoms with Gasteiger partial charge in [0.15, 0.2) is 0 Å². The molecule has 132 valence electrons. The van der Waals surface area contributed by atoms with E-state index in [0.29, 0.717) is 5.56 Å². The van der Waals surface area contributed by atoms with Crippen LogP contribution in [0.3, 0.4) is 0 Å². The summed E-state index contributed by atoms with van der Waals surface area (Å²) in [6, 6.07) is 20.4. The van der Waals surface area contributed by atoms with E-state index < -0.39 is 0 Å². The van der Waals surface area contributed by atoms with Gasteiger partial charge in [-0.15, -0.1) is 23.1 Å². The molecule has 2 aromatic carbocycles. The largest absolute Gasteiger partial charge is 0.226 e. The third kappa shape index (κ3) is 3.59. The van der Waals surface area contributed by atoms with Crippen molar-refractivity contribution in [1.29, 1.82) is 5.26 Å². The summed E-state index contributed by atoms with van der Waals surface area (Å²) in [7, 11) is 0. The van der Waals surface area contributed by atoms with E-state index >= 15 is 0 Å². The summed E-state index contributed by atoms with van der Waals surface area (Å²) in [4.78, 5) is 11.7. The zero-order chi connectivity index (χ0) is 18.8. The van der Waals surface area contributed by atoms with Crippen molar-refractivity contribution < 1.29 is 0 Å². The minimum absolute atomic E-state index is 0.688. The van der Waals surface area contributed by atoms with E-state index in [1.165, 1.54) is 16.0 Å². The van der Waals surface area contributed by atoms with Crippen LogP contribution in [0.15, 0.2) is 59.6 Å². The summed E-state index contributed by atoms with van der Waals surface area (Å²) in [6.07, 6.45) is 0. The van der Waals surface area contributed by atoms with Crippen LogP contribution < -0.4 is 0 Å². The quantitative estimate of drug-likeness (QED) is 0.312. The standard InChI is InChI=1S/C22H17N3S2/c1-14-19(18-9-4-3-5-10-18)20-21(24-15(2)25-22(20)27-14)26-13-17-8-6-7-16(11-17)12-23/h3-11H,13H2,1-2H3. The number of hydrogen-bond acceptors (Lipinski definition) is 5. The predicted octanol–water partition coefficient (Wildman–Crippen LogP) is 6.14. The molecule has 0 unspecified atom stereocenters. The van der Waals surface area contributed by atoms with Crippen LogP contribution in [0.4, 0.5) is 0 Å². The van der Waals surface area contributed by atoms with Crippen molar-refractivity contribution in [1.82, 2.24) is 9.97 Å². The molecule has 0 aliphatic heterocycles. The number of nitrogens with zero attached hydrogens (tertiary/aromatic N) is 3. The van der Waals surface area contributed by atoms with Crippen LogP contribution in [0.5, 0.6) is 0 Å². The van der Waals surface area contributed by atoms with Gasteiger partial charge in [0, 0.05) is 16.2 Å². The molecular weight excluding hydrogens is 370 g/mol. The zero-order valence-corrected chi connectivity index (χ0v) is 16.7. The number of nitriles is 1. The Morgan fingerprint density at radius 3 is 2.63 bits per heavy atom. The van der Waals surface area contributed by atoms with E-state index in [1.807, 2.05) is 31.2 Å². The lowest BCUT2D eigenvalue weighted by molar-refractivity contribution is 1.02. The van der Waals surface area contributed by atoms with Crippen molar-refractivity contribution in [3.8, 4) is 17.2 Å². The molecule has 0 saturated carbocycles. The van der Waals surface area contributed by atoms with E-state index in [1.54, 1.807) is 23.1 Å². The number of thiophene rings is 1. The molecule has 0 saturated heterocycles. The van der Waals surface area contributed by atoms with Crippen LogP contribution >= 0.6 is 23.1 Å². The number of aryl methyl sites for hydroxylation is 2. The molecule has 0 bridgehead atoms. The van der Waals surface area contributed by atoms with Gasteiger partial charge in [0.1, 0.15) is 15.7 Å². The first-order valence-corrected chi connectivity index (χ1v) is 10.4. The summed E-state index contributed by atoms with van der Waals surface area (Å²) in [5.41, 5.74) is 4.23. The molecule has 0 aliphatic rings. The predicted molar refractivity (Wildman–Crippen MR) is 113 cm³/mol. The summed E-state index contributed by atoms with van der Waals surface area (Å²) in [5.74, 6) is 1.56. The summed E-state index contributed by atoms with van der Waals surface area (Å²) < 4.78 is 0. The lowest BCUT2D eigenvalue weighted by Crippen LogP contribution is -1.92. The number of rotatable bonds is 4. The molecule has 27 heavy (non-hydrogen) atoms. The Labute approximate surface area is 166 Å². The molecule has 0 spiro atoms. The Balaban J connectivity index is 1.79. The van der Waals surface area contributed by atoms with Crippen LogP contribution in [0.25, 0.3) is 21.3 Å². The Kier molecular flexibility index (Phi) is 4.93. The van der Waals surface area contributed by atoms with E-state index in [2.05, 4.69) is 48.3 Å². The van der Waals surface area contributed by atoms with Crippen molar-refractivity contribution >= 4 is 33.3 Å². The minimum Gasteiger partial charge on any atom is -0.226 e. The smallest absolute Gasteiger partial charge is 0.129 e. The molecule has 0 atom stereocenters. The maximum Gasteiger partial charge on any atom is 0.129 e. The van der Waals surface area contributed by atoms with Crippen molar-refractivity contribution in [2.75, 3.05) is 0 Å². The lowest BCUT2D eigenvalue weighted by atomic mass is 10.0. The van der Waals surface area contributed by atoms with Crippen LogP contribution in [0.2, 0.25) is 0 Å². The first kappa shape index (κ1) is 17.7. The topological polar surface area (TPSA) is 49.6 Å². The Morgan fingerprint density at radius 2 is 1.85 bits per heavy atom. The third-order valence-corrected chi connectivity index (χ3v) is 6.35. The molecule has 0 fully saturated rings. The number of thioether (sulfide) groups is 1. The monoisotopic (exact) mass is 387 g/mol.